The van der Waals surface area contributed by atoms with Crippen LogP contribution < -0.4 is 15.0 Å². The molecule has 7 heteroatoms. The fourth-order valence-corrected chi connectivity index (χ4v) is 6.12. The second-order valence-electron chi connectivity index (χ2n) is 8.70. The quantitative estimate of drug-likeness (QED) is 0.559. The molecule has 0 aromatic heterocycles. The first kappa shape index (κ1) is 22.3. The van der Waals surface area contributed by atoms with Crippen LogP contribution in [-0.4, -0.2) is 36.2 Å². The van der Waals surface area contributed by atoms with Crippen LogP contribution in [0.5, 0.6) is 5.75 Å². The lowest BCUT2D eigenvalue weighted by molar-refractivity contribution is -0.123. The van der Waals surface area contributed by atoms with Crippen LogP contribution in [0.4, 0.5) is 16.2 Å². The summed E-state index contributed by atoms with van der Waals surface area (Å²) in [4.78, 5) is 30.0. The van der Waals surface area contributed by atoms with Crippen LogP contribution >= 0.6 is 11.8 Å². The van der Waals surface area contributed by atoms with Crippen LogP contribution in [0.3, 0.4) is 0 Å². The van der Waals surface area contributed by atoms with Gasteiger partial charge in [0.25, 0.3) is 5.91 Å². The number of rotatable bonds is 4. The molecule has 6 nitrogen and oxygen atoms in total. The van der Waals surface area contributed by atoms with Gasteiger partial charge in [-0.3, -0.25) is 9.69 Å². The number of carbonyl (C=O) groups is 2. The number of carbonyl (C=O) groups excluding carboxylic acids is 2. The highest BCUT2D eigenvalue weighted by molar-refractivity contribution is 8.01. The summed E-state index contributed by atoms with van der Waals surface area (Å²) in [6.07, 6.45) is 0. The summed E-state index contributed by atoms with van der Waals surface area (Å²) >= 11 is 1.53. The number of methoxy groups -OCH3 is 1. The number of nitrogens with zero attached hydrogens (tertiary/aromatic N) is 2. The highest BCUT2D eigenvalue weighted by Crippen LogP contribution is 2.54. The molecule has 0 aliphatic carbocycles. The second kappa shape index (κ2) is 8.72. The van der Waals surface area contributed by atoms with Crippen molar-refractivity contribution in [3.05, 3.63) is 89.0 Å². The Morgan fingerprint density at radius 2 is 1.82 bits per heavy atom. The van der Waals surface area contributed by atoms with Crippen molar-refractivity contribution in [1.82, 2.24) is 4.90 Å². The summed E-state index contributed by atoms with van der Waals surface area (Å²) in [5, 5.41) is 2.99. The number of hydrogen-bond donors (Lipinski definition) is 1. The number of hydrogen-bond acceptors (Lipinski definition) is 4. The van der Waals surface area contributed by atoms with Crippen LogP contribution in [0.2, 0.25) is 0 Å². The standard InChI is InChI=1S/C27H27N3O3S/c1-18-7-10-21(11-8-18)28-26(32)30-13-14-34-27(30)23-15-19(2)9-12-24(23)29(25(27)31)17-20-5-4-6-22(16-20)33-3/h4-12,15-16H,13-14,17H2,1-3H3,(H,28,32). The maximum atomic E-state index is 14.1. The van der Waals surface area contributed by atoms with Gasteiger partial charge in [-0.1, -0.05) is 47.5 Å². The Morgan fingerprint density at radius 3 is 2.59 bits per heavy atom. The van der Waals surface area contributed by atoms with Gasteiger partial charge >= 0.3 is 6.03 Å². The van der Waals surface area contributed by atoms with E-state index in [4.69, 9.17) is 4.74 Å². The summed E-state index contributed by atoms with van der Waals surface area (Å²) in [7, 11) is 1.63. The predicted octanol–water partition coefficient (Wildman–Crippen LogP) is 5.29. The van der Waals surface area contributed by atoms with Crippen LogP contribution in [-0.2, 0) is 16.2 Å². The van der Waals surface area contributed by atoms with Gasteiger partial charge in [0.05, 0.1) is 19.3 Å². The molecule has 3 aromatic rings. The summed E-state index contributed by atoms with van der Waals surface area (Å²) in [5.41, 5.74) is 5.58. The SMILES string of the molecule is COc1cccc(CN2C(=O)C3(SCCN3C(=O)Nc3ccc(C)cc3)c3cc(C)ccc32)c1. The van der Waals surface area contributed by atoms with E-state index < -0.39 is 4.87 Å². The number of benzene rings is 3. The summed E-state index contributed by atoms with van der Waals surface area (Å²) < 4.78 is 5.37. The van der Waals surface area contributed by atoms with Gasteiger partial charge in [-0.2, -0.15) is 0 Å². The number of nitrogens with one attached hydrogen (secondary N) is 1. The predicted molar refractivity (Wildman–Crippen MR) is 136 cm³/mol. The van der Waals surface area contributed by atoms with Crippen molar-refractivity contribution in [2.75, 3.05) is 29.6 Å². The van der Waals surface area contributed by atoms with Gasteiger partial charge in [0.15, 0.2) is 4.87 Å². The van der Waals surface area contributed by atoms with E-state index in [9.17, 15) is 9.59 Å². The third-order valence-corrected chi connectivity index (χ3v) is 7.79. The first-order chi connectivity index (χ1) is 16.4. The van der Waals surface area contributed by atoms with Crippen molar-refractivity contribution >= 4 is 35.1 Å². The number of thioether (sulfide) groups is 1. The molecule has 1 N–H and O–H groups in total. The minimum atomic E-state index is -1.07. The van der Waals surface area contributed by atoms with Gasteiger partial charge in [-0.25, -0.2) is 4.79 Å². The Kier molecular flexibility index (Phi) is 5.73. The molecule has 174 valence electrons. The molecule has 1 saturated heterocycles. The van der Waals surface area contributed by atoms with Crippen molar-refractivity contribution in [2.45, 2.75) is 25.3 Å². The molecular weight excluding hydrogens is 446 g/mol. The molecule has 1 atom stereocenters. The maximum absolute atomic E-state index is 14.1. The number of ether oxygens (including phenoxy) is 1. The average Bonchev–Trinajstić information content (AvgIpc) is 3.38. The lowest BCUT2D eigenvalue weighted by Crippen LogP contribution is -2.51. The Balaban J connectivity index is 1.52. The average molecular weight is 474 g/mol. The third-order valence-electron chi connectivity index (χ3n) is 6.37. The van der Waals surface area contributed by atoms with E-state index in [0.29, 0.717) is 24.5 Å². The first-order valence-corrected chi connectivity index (χ1v) is 12.3. The molecule has 2 aliphatic heterocycles. The number of urea groups is 1. The molecule has 2 aliphatic rings. The lowest BCUT2D eigenvalue weighted by Gasteiger charge is -2.33. The maximum Gasteiger partial charge on any atom is 0.323 e. The van der Waals surface area contributed by atoms with E-state index >= 15 is 0 Å². The monoisotopic (exact) mass is 473 g/mol. The second-order valence-corrected chi connectivity index (χ2v) is 9.99. The molecule has 0 saturated carbocycles. The normalized spacial score (nSPS) is 19.0. The number of fused-ring (bicyclic) bond motifs is 2. The van der Waals surface area contributed by atoms with Crippen LogP contribution in [0, 0.1) is 13.8 Å². The Bertz CT molecular complexity index is 1260. The van der Waals surface area contributed by atoms with Crippen molar-refractivity contribution in [2.24, 2.45) is 0 Å². The Hall–Kier alpha value is -3.45. The molecule has 3 aromatic carbocycles. The van der Waals surface area contributed by atoms with Crippen molar-refractivity contribution in [3.8, 4) is 5.75 Å². The number of aryl methyl sites for hydroxylation is 2. The smallest absolute Gasteiger partial charge is 0.323 e. The Morgan fingerprint density at radius 1 is 1.06 bits per heavy atom. The molecule has 1 spiro atoms. The van der Waals surface area contributed by atoms with E-state index in [1.54, 1.807) is 16.9 Å². The molecule has 1 unspecified atom stereocenters. The topological polar surface area (TPSA) is 61.9 Å². The largest absolute Gasteiger partial charge is 0.497 e. The highest BCUT2D eigenvalue weighted by Gasteiger charge is 2.59. The number of anilines is 2. The van der Waals surface area contributed by atoms with E-state index in [1.165, 1.54) is 11.8 Å². The van der Waals surface area contributed by atoms with E-state index in [2.05, 4.69) is 5.32 Å². The molecule has 34 heavy (non-hydrogen) atoms. The third kappa shape index (κ3) is 3.70. The zero-order chi connectivity index (χ0) is 23.9. The summed E-state index contributed by atoms with van der Waals surface area (Å²) in [6, 6.07) is 21.2. The minimum absolute atomic E-state index is 0.0857. The van der Waals surface area contributed by atoms with E-state index in [0.717, 1.165) is 33.7 Å². The van der Waals surface area contributed by atoms with Crippen LogP contribution in [0.1, 0.15) is 22.3 Å². The first-order valence-electron chi connectivity index (χ1n) is 11.3. The van der Waals surface area contributed by atoms with Crippen molar-refractivity contribution in [3.63, 3.8) is 0 Å². The molecule has 2 heterocycles. The van der Waals surface area contributed by atoms with Gasteiger partial charge in [0.1, 0.15) is 5.75 Å². The number of amides is 3. The fraction of sp³-hybridized carbons (Fsp3) is 0.259. The Labute approximate surface area is 203 Å². The molecule has 0 bridgehead atoms. The zero-order valence-electron chi connectivity index (χ0n) is 19.5. The summed E-state index contributed by atoms with van der Waals surface area (Å²) in [6.45, 7) is 4.92. The minimum Gasteiger partial charge on any atom is -0.497 e. The van der Waals surface area contributed by atoms with Gasteiger partial charge < -0.3 is 15.0 Å². The van der Waals surface area contributed by atoms with Crippen LogP contribution in [0.25, 0.3) is 0 Å². The molecule has 5 rings (SSSR count). The van der Waals surface area contributed by atoms with Gasteiger partial charge in [-0.15, -0.1) is 11.8 Å². The van der Waals surface area contributed by atoms with Gasteiger partial charge in [0.2, 0.25) is 0 Å². The van der Waals surface area contributed by atoms with E-state index in [1.807, 2.05) is 80.6 Å². The molecule has 3 amide bonds. The van der Waals surface area contributed by atoms with Crippen molar-refractivity contribution < 1.29 is 14.3 Å². The molecular formula is C27H27N3O3S. The van der Waals surface area contributed by atoms with E-state index in [-0.39, 0.29) is 11.9 Å². The van der Waals surface area contributed by atoms with Gasteiger partial charge in [0, 0.05) is 23.5 Å². The zero-order valence-corrected chi connectivity index (χ0v) is 20.3. The van der Waals surface area contributed by atoms with Gasteiger partial charge in [-0.05, 0) is 49.7 Å². The van der Waals surface area contributed by atoms with Crippen molar-refractivity contribution in [1.29, 1.82) is 0 Å². The summed E-state index contributed by atoms with van der Waals surface area (Å²) in [5.74, 6) is 1.35. The highest BCUT2D eigenvalue weighted by atomic mass is 32.2. The molecule has 1 fully saturated rings. The lowest BCUT2D eigenvalue weighted by atomic mass is 10.0. The molecule has 0 radical (unpaired) electrons. The fourth-order valence-electron chi connectivity index (χ4n) is 4.67. The van der Waals surface area contributed by atoms with Crippen LogP contribution in [0.15, 0.2) is 66.7 Å².